The van der Waals surface area contributed by atoms with Gasteiger partial charge in [0.25, 0.3) is 5.91 Å². The fourth-order valence-electron chi connectivity index (χ4n) is 2.35. The number of amides is 1. The molecule has 2 heterocycles. The minimum Gasteiger partial charge on any atom is -0.454 e. The van der Waals surface area contributed by atoms with Gasteiger partial charge in [0.15, 0.2) is 16.6 Å². The standard InChI is InChI=1S/C18H23N3O4S/c1-2-3-8-23-9-4-7-19-17(22)14-11-26-18(21-14)20-13-5-6-15-16(10-13)25-12-24-15/h5-6,10-11H,2-4,7-9,12H2,1H3,(H,19,22)(H,20,21). The average Bonchev–Trinajstić information content (AvgIpc) is 3.30. The number of carbonyl (C=O) groups is 1. The van der Waals surface area contributed by atoms with Gasteiger partial charge in [-0.15, -0.1) is 11.3 Å². The van der Waals surface area contributed by atoms with E-state index in [4.69, 9.17) is 14.2 Å². The summed E-state index contributed by atoms with van der Waals surface area (Å²) in [6.45, 7) is 4.39. The lowest BCUT2D eigenvalue weighted by Crippen LogP contribution is -2.25. The van der Waals surface area contributed by atoms with Crippen molar-refractivity contribution in [2.75, 3.05) is 31.9 Å². The zero-order valence-corrected chi connectivity index (χ0v) is 15.6. The van der Waals surface area contributed by atoms with Gasteiger partial charge in [-0.3, -0.25) is 4.79 Å². The molecule has 0 saturated carbocycles. The first-order valence-corrected chi connectivity index (χ1v) is 9.62. The molecule has 0 unspecified atom stereocenters. The van der Waals surface area contributed by atoms with Crippen molar-refractivity contribution in [1.29, 1.82) is 0 Å². The minimum atomic E-state index is -0.173. The predicted molar refractivity (Wildman–Crippen MR) is 101 cm³/mol. The summed E-state index contributed by atoms with van der Waals surface area (Å²) in [7, 11) is 0. The van der Waals surface area contributed by atoms with Crippen molar-refractivity contribution in [2.45, 2.75) is 26.2 Å². The number of thiazole rings is 1. The average molecular weight is 377 g/mol. The van der Waals surface area contributed by atoms with Crippen LogP contribution in [0.5, 0.6) is 11.5 Å². The fourth-order valence-corrected chi connectivity index (χ4v) is 3.06. The Morgan fingerprint density at radius 2 is 2.12 bits per heavy atom. The number of aromatic nitrogens is 1. The largest absolute Gasteiger partial charge is 0.454 e. The lowest BCUT2D eigenvalue weighted by Gasteiger charge is -2.05. The molecule has 2 N–H and O–H groups in total. The van der Waals surface area contributed by atoms with Gasteiger partial charge in [-0.25, -0.2) is 4.98 Å². The van der Waals surface area contributed by atoms with Crippen molar-refractivity contribution in [3.05, 3.63) is 29.3 Å². The first kappa shape index (κ1) is 18.5. The number of carbonyl (C=O) groups excluding carboxylic acids is 1. The van der Waals surface area contributed by atoms with Gasteiger partial charge in [-0.05, 0) is 25.0 Å². The van der Waals surface area contributed by atoms with Crippen molar-refractivity contribution < 1.29 is 19.0 Å². The summed E-state index contributed by atoms with van der Waals surface area (Å²) in [6.07, 6.45) is 3.00. The number of rotatable bonds is 10. The highest BCUT2D eigenvalue weighted by Gasteiger charge is 2.14. The van der Waals surface area contributed by atoms with Gasteiger partial charge in [-0.2, -0.15) is 0 Å². The Balaban J connectivity index is 1.43. The Labute approximate surface area is 156 Å². The molecule has 0 bridgehead atoms. The summed E-state index contributed by atoms with van der Waals surface area (Å²) in [5.74, 6) is 1.26. The van der Waals surface area contributed by atoms with Crippen LogP contribution in [0.25, 0.3) is 0 Å². The van der Waals surface area contributed by atoms with Crippen LogP contribution in [0.2, 0.25) is 0 Å². The fraction of sp³-hybridized carbons (Fsp3) is 0.444. The molecule has 0 atom stereocenters. The van der Waals surface area contributed by atoms with Crippen LogP contribution in [0.15, 0.2) is 23.6 Å². The van der Waals surface area contributed by atoms with E-state index >= 15 is 0 Å². The second-order valence-corrected chi connectivity index (χ2v) is 6.66. The highest BCUT2D eigenvalue weighted by atomic mass is 32.1. The highest BCUT2D eigenvalue weighted by molar-refractivity contribution is 7.14. The van der Waals surface area contributed by atoms with E-state index in [0.29, 0.717) is 29.7 Å². The van der Waals surface area contributed by atoms with Gasteiger partial charge in [-0.1, -0.05) is 13.3 Å². The Hall–Kier alpha value is -2.32. The van der Waals surface area contributed by atoms with E-state index in [9.17, 15) is 4.79 Å². The molecule has 0 radical (unpaired) electrons. The number of anilines is 2. The third-order valence-electron chi connectivity index (χ3n) is 3.75. The Kier molecular flexibility index (Phi) is 6.68. The molecule has 2 aromatic rings. The molecule has 0 saturated heterocycles. The maximum atomic E-state index is 12.1. The van der Waals surface area contributed by atoms with Gasteiger partial charge in [0.2, 0.25) is 6.79 Å². The van der Waals surface area contributed by atoms with E-state index in [1.807, 2.05) is 18.2 Å². The SMILES string of the molecule is CCCCOCCCNC(=O)c1csc(Nc2ccc3c(c2)OCO3)n1. The predicted octanol–water partition coefficient (Wildman–Crippen LogP) is 3.55. The van der Waals surface area contributed by atoms with Crippen molar-refractivity contribution in [1.82, 2.24) is 10.3 Å². The molecule has 1 aliphatic heterocycles. The minimum absolute atomic E-state index is 0.173. The first-order chi connectivity index (χ1) is 12.8. The molecule has 0 spiro atoms. The zero-order chi connectivity index (χ0) is 18.2. The summed E-state index contributed by atoms with van der Waals surface area (Å²) < 4.78 is 16.1. The smallest absolute Gasteiger partial charge is 0.270 e. The number of unbranched alkanes of at least 4 members (excludes halogenated alkanes) is 1. The van der Waals surface area contributed by atoms with Gasteiger partial charge in [0.05, 0.1) is 0 Å². The molecule has 26 heavy (non-hydrogen) atoms. The van der Waals surface area contributed by atoms with Gasteiger partial charge < -0.3 is 24.8 Å². The van der Waals surface area contributed by atoms with Crippen LogP contribution in [-0.2, 0) is 4.74 Å². The number of hydrogen-bond acceptors (Lipinski definition) is 7. The summed E-state index contributed by atoms with van der Waals surface area (Å²) >= 11 is 1.38. The van der Waals surface area contributed by atoms with Crippen LogP contribution in [0.3, 0.4) is 0 Å². The molecule has 0 fully saturated rings. The quantitative estimate of drug-likeness (QED) is 0.616. The normalized spacial score (nSPS) is 12.2. The molecule has 3 rings (SSSR count). The number of ether oxygens (including phenoxy) is 3. The van der Waals surface area contributed by atoms with Crippen LogP contribution < -0.4 is 20.1 Å². The molecule has 1 aromatic carbocycles. The number of nitrogens with zero attached hydrogens (tertiary/aromatic N) is 1. The molecule has 1 aromatic heterocycles. The van der Waals surface area contributed by atoms with Crippen molar-refractivity contribution in [3.8, 4) is 11.5 Å². The molecule has 140 valence electrons. The van der Waals surface area contributed by atoms with Crippen LogP contribution in [0.4, 0.5) is 10.8 Å². The summed E-state index contributed by atoms with van der Waals surface area (Å²) in [5, 5.41) is 8.43. The molecule has 8 heteroatoms. The van der Waals surface area contributed by atoms with Crippen molar-refractivity contribution >= 4 is 28.1 Å². The highest BCUT2D eigenvalue weighted by Crippen LogP contribution is 2.35. The third-order valence-corrected chi connectivity index (χ3v) is 4.51. The van der Waals surface area contributed by atoms with E-state index in [2.05, 4.69) is 22.5 Å². The second-order valence-electron chi connectivity index (χ2n) is 5.81. The van der Waals surface area contributed by atoms with Gasteiger partial charge in [0.1, 0.15) is 5.69 Å². The number of nitrogens with one attached hydrogen (secondary N) is 2. The van der Waals surface area contributed by atoms with Gasteiger partial charge in [0, 0.05) is 36.9 Å². The summed E-state index contributed by atoms with van der Waals surface area (Å²) in [5.41, 5.74) is 1.24. The van der Waals surface area contributed by atoms with Crippen LogP contribution in [-0.4, -0.2) is 37.4 Å². The Morgan fingerprint density at radius 3 is 3.00 bits per heavy atom. The maximum Gasteiger partial charge on any atom is 0.270 e. The third kappa shape index (κ3) is 5.09. The summed E-state index contributed by atoms with van der Waals surface area (Å²) in [4.78, 5) is 16.5. The Bertz CT molecular complexity index is 735. The van der Waals surface area contributed by atoms with E-state index in [1.54, 1.807) is 5.38 Å². The molecular weight excluding hydrogens is 354 g/mol. The molecule has 0 aliphatic carbocycles. The topological polar surface area (TPSA) is 81.7 Å². The van der Waals surface area contributed by atoms with Crippen molar-refractivity contribution in [3.63, 3.8) is 0 Å². The lowest BCUT2D eigenvalue weighted by atomic mass is 10.3. The Morgan fingerprint density at radius 1 is 1.27 bits per heavy atom. The number of fused-ring (bicyclic) bond motifs is 1. The molecule has 1 aliphatic rings. The lowest BCUT2D eigenvalue weighted by molar-refractivity contribution is 0.0936. The van der Waals surface area contributed by atoms with E-state index in [1.165, 1.54) is 11.3 Å². The van der Waals surface area contributed by atoms with E-state index in [0.717, 1.165) is 37.3 Å². The van der Waals surface area contributed by atoms with Gasteiger partial charge >= 0.3 is 0 Å². The van der Waals surface area contributed by atoms with Crippen molar-refractivity contribution in [2.24, 2.45) is 0 Å². The van der Waals surface area contributed by atoms with E-state index < -0.39 is 0 Å². The number of benzene rings is 1. The first-order valence-electron chi connectivity index (χ1n) is 8.74. The molecule has 7 nitrogen and oxygen atoms in total. The summed E-state index contributed by atoms with van der Waals surface area (Å²) in [6, 6.07) is 5.57. The van der Waals surface area contributed by atoms with Crippen LogP contribution in [0.1, 0.15) is 36.7 Å². The maximum absolute atomic E-state index is 12.1. The molecular formula is C18H23N3O4S. The van der Waals surface area contributed by atoms with Crippen LogP contribution >= 0.6 is 11.3 Å². The zero-order valence-electron chi connectivity index (χ0n) is 14.7. The monoisotopic (exact) mass is 377 g/mol. The molecule has 1 amide bonds. The van der Waals surface area contributed by atoms with E-state index in [-0.39, 0.29) is 12.7 Å². The van der Waals surface area contributed by atoms with Crippen LogP contribution in [0, 0.1) is 0 Å². The number of hydrogen-bond donors (Lipinski definition) is 2. The second kappa shape index (κ2) is 9.40.